The molecule has 2 aliphatic heterocycles. The number of hydrogen-bond donors (Lipinski definition) is 0. The molecule has 2 heterocycles. The van der Waals surface area contributed by atoms with Gasteiger partial charge >= 0.3 is 0 Å². The molecule has 3 aliphatic rings. The fourth-order valence-electron chi connectivity index (χ4n) is 6.77. The summed E-state index contributed by atoms with van der Waals surface area (Å²) in [5.74, 6) is 0.679. The van der Waals surface area contributed by atoms with Gasteiger partial charge in [-0.25, -0.2) is 0 Å². The average Bonchev–Trinajstić information content (AvgIpc) is 3.04. The van der Waals surface area contributed by atoms with Crippen LogP contribution in [0.5, 0.6) is 0 Å². The van der Waals surface area contributed by atoms with Crippen molar-refractivity contribution in [3.8, 4) is 0 Å². The zero-order valence-electron chi connectivity index (χ0n) is 29.5. The van der Waals surface area contributed by atoms with Crippen molar-refractivity contribution >= 4 is 23.8 Å². The molecule has 4 rings (SSSR count). The molecule has 5 heteroatoms. The minimum absolute atomic E-state index is 0.208. The molecule has 252 valence electrons. The van der Waals surface area contributed by atoms with Gasteiger partial charge in [-0.15, -0.1) is 0 Å². The van der Waals surface area contributed by atoms with Crippen molar-refractivity contribution in [2.24, 2.45) is 10.9 Å². The van der Waals surface area contributed by atoms with Crippen LogP contribution in [0.25, 0.3) is 11.6 Å². The Morgan fingerprint density at radius 3 is 2.51 bits per heavy atom. The van der Waals surface area contributed by atoms with E-state index in [4.69, 9.17) is 4.74 Å². The van der Waals surface area contributed by atoms with E-state index in [0.29, 0.717) is 5.92 Å². The minimum atomic E-state index is 0.208. The summed E-state index contributed by atoms with van der Waals surface area (Å²) in [6, 6.07) is 8.92. The van der Waals surface area contributed by atoms with Crippen LogP contribution in [-0.2, 0) is 9.53 Å². The van der Waals surface area contributed by atoms with Crippen LogP contribution in [0, 0.1) is 5.92 Å². The Labute approximate surface area is 284 Å². The van der Waals surface area contributed by atoms with Crippen LogP contribution in [0.4, 0.5) is 0 Å². The first-order valence-electron chi connectivity index (χ1n) is 17.9. The zero-order chi connectivity index (χ0) is 33.4. The van der Waals surface area contributed by atoms with Crippen LogP contribution in [0.3, 0.4) is 0 Å². The predicted octanol–water partition coefficient (Wildman–Crippen LogP) is 9.38. The van der Waals surface area contributed by atoms with Gasteiger partial charge in [0.15, 0.2) is 0 Å². The lowest BCUT2D eigenvalue weighted by Crippen LogP contribution is -2.52. The quantitative estimate of drug-likeness (QED) is 0.110. The highest BCUT2D eigenvalue weighted by Crippen LogP contribution is 2.34. The fourth-order valence-corrected chi connectivity index (χ4v) is 6.77. The number of rotatable bonds is 15. The normalized spacial score (nSPS) is 19.2. The molecule has 1 aromatic carbocycles. The van der Waals surface area contributed by atoms with E-state index in [1.807, 2.05) is 18.2 Å². The highest BCUT2D eigenvalue weighted by molar-refractivity contribution is 5.94. The Bertz CT molecular complexity index is 1410. The molecule has 0 bridgehead atoms. The van der Waals surface area contributed by atoms with Gasteiger partial charge in [-0.3, -0.25) is 9.79 Å². The van der Waals surface area contributed by atoms with Crippen LogP contribution < -0.4 is 0 Å². The third kappa shape index (κ3) is 10.7. The Balaban J connectivity index is 1.40. The molecule has 1 fully saturated rings. The van der Waals surface area contributed by atoms with Gasteiger partial charge in [-0.1, -0.05) is 93.5 Å². The van der Waals surface area contributed by atoms with Crippen LogP contribution in [0.15, 0.2) is 100 Å². The summed E-state index contributed by atoms with van der Waals surface area (Å²) in [6.07, 6.45) is 28.3. The lowest BCUT2D eigenvalue weighted by molar-refractivity contribution is -0.134. The van der Waals surface area contributed by atoms with Crippen LogP contribution >= 0.6 is 0 Å². The van der Waals surface area contributed by atoms with Crippen molar-refractivity contribution in [1.29, 1.82) is 0 Å². The van der Waals surface area contributed by atoms with Crippen LogP contribution in [0.1, 0.15) is 89.2 Å². The third-order valence-electron chi connectivity index (χ3n) is 9.30. The summed E-state index contributed by atoms with van der Waals surface area (Å²) in [5.41, 5.74) is 9.73. The molecule has 0 atom stereocenters. The molecule has 1 aliphatic carbocycles. The monoisotopic (exact) mass is 635 g/mol. The zero-order valence-corrected chi connectivity index (χ0v) is 29.5. The van der Waals surface area contributed by atoms with E-state index in [9.17, 15) is 4.79 Å². The first-order chi connectivity index (χ1) is 23.0. The Morgan fingerprint density at radius 2 is 1.81 bits per heavy atom. The van der Waals surface area contributed by atoms with Gasteiger partial charge in [-0.2, -0.15) is 0 Å². The molecule has 0 unspecified atom stereocenters. The summed E-state index contributed by atoms with van der Waals surface area (Å²) < 4.78 is 5.26. The second kappa shape index (κ2) is 19.2. The minimum Gasteiger partial charge on any atom is -0.384 e. The molecular formula is C42H57N3O2. The van der Waals surface area contributed by atoms with Gasteiger partial charge in [0.1, 0.15) is 0 Å². The van der Waals surface area contributed by atoms with Crippen molar-refractivity contribution < 1.29 is 9.53 Å². The lowest BCUT2D eigenvalue weighted by atomic mass is 9.88. The van der Waals surface area contributed by atoms with Gasteiger partial charge in [-0.05, 0) is 85.8 Å². The van der Waals surface area contributed by atoms with Gasteiger partial charge in [0.2, 0.25) is 5.91 Å². The highest BCUT2D eigenvalue weighted by Gasteiger charge is 2.32. The highest BCUT2D eigenvalue weighted by atomic mass is 16.5. The van der Waals surface area contributed by atoms with E-state index >= 15 is 0 Å². The SMILES string of the molecule is C=C1CC=C(c2ccc(/C=C/CCC=C(CCC)CCC)cc2)C=C1/C(=C\C=NC)N1CC/C=C(\C(=O)N2CC(COC)C2)CCC1. The van der Waals surface area contributed by atoms with Crippen molar-refractivity contribution in [1.82, 2.24) is 9.80 Å². The molecule has 47 heavy (non-hydrogen) atoms. The number of unbranched alkanes of at least 4 members (excludes halogenated alkanes) is 1. The van der Waals surface area contributed by atoms with Crippen molar-refractivity contribution in [3.63, 3.8) is 0 Å². The van der Waals surface area contributed by atoms with Crippen molar-refractivity contribution in [3.05, 3.63) is 106 Å². The van der Waals surface area contributed by atoms with Crippen molar-refractivity contribution in [2.45, 2.75) is 78.1 Å². The number of ether oxygens (including phenoxy) is 1. The first kappa shape index (κ1) is 36.1. The van der Waals surface area contributed by atoms with Crippen LogP contribution in [0.2, 0.25) is 0 Å². The second-order valence-corrected chi connectivity index (χ2v) is 13.1. The number of likely N-dealkylation sites (tertiary alicyclic amines) is 1. The molecule has 0 aromatic heterocycles. The largest absolute Gasteiger partial charge is 0.384 e. The van der Waals surface area contributed by atoms with Crippen LogP contribution in [-0.4, -0.2) is 68.9 Å². The molecule has 0 spiro atoms. The fraction of sp³-hybridized carbons (Fsp3) is 0.476. The first-order valence-corrected chi connectivity index (χ1v) is 17.9. The number of hydrogen-bond acceptors (Lipinski definition) is 4. The predicted molar refractivity (Wildman–Crippen MR) is 200 cm³/mol. The number of carbonyl (C=O) groups is 1. The topological polar surface area (TPSA) is 45.1 Å². The number of carbonyl (C=O) groups excluding carboxylic acids is 1. The summed E-state index contributed by atoms with van der Waals surface area (Å²) >= 11 is 0. The summed E-state index contributed by atoms with van der Waals surface area (Å²) in [4.78, 5) is 21.8. The lowest BCUT2D eigenvalue weighted by Gasteiger charge is -2.39. The number of nitrogens with zero attached hydrogens (tertiary/aromatic N) is 3. The van der Waals surface area contributed by atoms with E-state index in [1.165, 1.54) is 48.0 Å². The summed E-state index contributed by atoms with van der Waals surface area (Å²) in [6.45, 7) is 13.1. The second-order valence-electron chi connectivity index (χ2n) is 13.1. The maximum absolute atomic E-state index is 13.1. The van der Waals surface area contributed by atoms with Crippen molar-refractivity contribution in [2.75, 3.05) is 46.9 Å². The standard InChI is InChI=1S/C42H57N3O2/c1-6-13-34(14-7-2)15-9-8-10-16-35-20-23-37(24-21-35)39-22-19-33(3)40(29-39)41(25-26-43-4)44-27-11-17-38(18-12-28-44)42(46)45-30-36(31-45)32-47-5/h10,15-17,20-26,29,36H,3,6-9,11-14,18-19,27-28,30-32H2,1-2,4-5H3/b16-10+,38-17-,41-25+,43-26?. The molecule has 5 nitrogen and oxygen atoms in total. The molecular weight excluding hydrogens is 578 g/mol. The molecule has 1 saturated heterocycles. The maximum Gasteiger partial charge on any atom is 0.249 e. The molecule has 1 amide bonds. The molecule has 0 saturated carbocycles. The number of methoxy groups -OCH3 is 1. The van der Waals surface area contributed by atoms with E-state index in [0.717, 1.165) is 88.2 Å². The van der Waals surface area contributed by atoms with E-state index in [-0.39, 0.29) is 5.91 Å². The average molecular weight is 636 g/mol. The molecule has 0 N–H and O–H groups in total. The van der Waals surface area contributed by atoms with E-state index < -0.39 is 0 Å². The summed E-state index contributed by atoms with van der Waals surface area (Å²) in [5, 5.41) is 0. The number of aliphatic imine (C=N–C) groups is 1. The Hall–Kier alpha value is -3.70. The Morgan fingerprint density at radius 1 is 1.04 bits per heavy atom. The van der Waals surface area contributed by atoms with E-state index in [1.54, 1.807) is 12.7 Å². The maximum atomic E-state index is 13.1. The molecule has 0 radical (unpaired) electrons. The van der Waals surface area contributed by atoms with Gasteiger partial charge in [0, 0.05) is 69.3 Å². The van der Waals surface area contributed by atoms with E-state index in [2.05, 4.69) is 97.1 Å². The Kier molecular flexibility index (Phi) is 14.8. The van der Waals surface area contributed by atoms with Gasteiger partial charge in [0.25, 0.3) is 0 Å². The molecule has 1 aromatic rings. The van der Waals surface area contributed by atoms with Gasteiger partial charge in [0.05, 0.1) is 6.61 Å². The summed E-state index contributed by atoms with van der Waals surface area (Å²) in [7, 11) is 3.54. The number of allylic oxidation sites excluding steroid dienone is 8. The van der Waals surface area contributed by atoms with Gasteiger partial charge < -0.3 is 14.5 Å². The number of amides is 1. The smallest absolute Gasteiger partial charge is 0.249 e. The number of benzene rings is 1. The third-order valence-corrected chi connectivity index (χ3v) is 9.30.